The van der Waals surface area contributed by atoms with Crippen LogP contribution in [0.2, 0.25) is 0 Å². The Hall–Kier alpha value is -3.16. The lowest BCUT2D eigenvalue weighted by Gasteiger charge is -2.30. The van der Waals surface area contributed by atoms with Crippen LogP contribution in [0.25, 0.3) is 11.3 Å². The van der Waals surface area contributed by atoms with Crippen molar-refractivity contribution in [2.24, 2.45) is 11.7 Å². The lowest BCUT2D eigenvalue weighted by molar-refractivity contribution is -0.133. The van der Waals surface area contributed by atoms with E-state index in [1.165, 1.54) is 6.07 Å². The minimum absolute atomic E-state index is 0.115. The summed E-state index contributed by atoms with van der Waals surface area (Å²) in [5.41, 5.74) is 6.21. The largest absolute Gasteiger partial charge is 0.369 e. The van der Waals surface area contributed by atoms with E-state index in [1.807, 2.05) is 30.3 Å². The Labute approximate surface area is 150 Å². The van der Waals surface area contributed by atoms with Crippen LogP contribution in [0.3, 0.4) is 0 Å². The lowest BCUT2D eigenvalue weighted by atomic mass is 9.96. The van der Waals surface area contributed by atoms with E-state index in [2.05, 4.69) is 10.5 Å². The summed E-state index contributed by atoms with van der Waals surface area (Å²) in [6, 6.07) is 10.8. The number of nitrogens with one attached hydrogen (secondary N) is 1. The van der Waals surface area contributed by atoms with Crippen LogP contribution in [0, 0.1) is 5.92 Å². The van der Waals surface area contributed by atoms with Crippen LogP contribution in [-0.2, 0) is 9.59 Å². The first-order valence-corrected chi connectivity index (χ1v) is 8.42. The Morgan fingerprint density at radius 3 is 2.54 bits per heavy atom. The fourth-order valence-electron chi connectivity index (χ4n) is 2.89. The summed E-state index contributed by atoms with van der Waals surface area (Å²) < 4.78 is 5.18. The molecule has 1 aromatic heterocycles. The van der Waals surface area contributed by atoms with Crippen molar-refractivity contribution in [3.63, 3.8) is 0 Å². The molecule has 0 bridgehead atoms. The van der Waals surface area contributed by atoms with Gasteiger partial charge in [0.25, 0.3) is 5.91 Å². The highest BCUT2D eigenvalue weighted by molar-refractivity contribution is 5.95. The van der Waals surface area contributed by atoms with E-state index < -0.39 is 5.91 Å². The maximum absolute atomic E-state index is 12.2. The zero-order valence-corrected chi connectivity index (χ0v) is 14.2. The zero-order valence-electron chi connectivity index (χ0n) is 14.2. The first-order chi connectivity index (χ1) is 12.5. The summed E-state index contributed by atoms with van der Waals surface area (Å²) in [5, 5.41) is 6.30. The summed E-state index contributed by atoms with van der Waals surface area (Å²) in [6.45, 7) is 0.794. The zero-order chi connectivity index (χ0) is 18.5. The topological polar surface area (TPSA) is 119 Å². The van der Waals surface area contributed by atoms with Gasteiger partial charge in [-0.05, 0) is 12.8 Å². The fourth-order valence-corrected chi connectivity index (χ4v) is 2.89. The van der Waals surface area contributed by atoms with E-state index in [1.54, 1.807) is 4.90 Å². The van der Waals surface area contributed by atoms with Crippen LogP contribution in [-0.4, -0.2) is 47.4 Å². The van der Waals surface area contributed by atoms with E-state index in [9.17, 15) is 14.4 Å². The third kappa shape index (κ3) is 4.08. The Morgan fingerprint density at radius 2 is 1.88 bits per heavy atom. The van der Waals surface area contributed by atoms with Crippen molar-refractivity contribution in [1.82, 2.24) is 15.4 Å². The number of amides is 3. The van der Waals surface area contributed by atoms with Crippen LogP contribution in [0.15, 0.2) is 40.9 Å². The molecule has 1 aromatic carbocycles. The summed E-state index contributed by atoms with van der Waals surface area (Å²) in [5.74, 6) is -0.703. The standard InChI is InChI=1S/C18H20N4O4/c19-17(24)13-6-8-22(9-7-13)16(23)11-20-18(25)14-10-15(26-21-14)12-4-2-1-3-5-12/h1-5,10,13H,6-9,11H2,(H2,19,24)(H,20,25). The van der Waals surface area contributed by atoms with Gasteiger partial charge < -0.3 is 20.5 Å². The summed E-state index contributed by atoms with van der Waals surface area (Å²) >= 11 is 0. The van der Waals surface area contributed by atoms with Crippen molar-refractivity contribution in [2.75, 3.05) is 19.6 Å². The highest BCUT2D eigenvalue weighted by Crippen LogP contribution is 2.19. The Morgan fingerprint density at radius 1 is 1.19 bits per heavy atom. The molecule has 1 saturated heterocycles. The number of nitrogens with two attached hydrogens (primary N) is 1. The molecule has 1 aliphatic heterocycles. The number of likely N-dealkylation sites (tertiary alicyclic amines) is 1. The number of hydrogen-bond acceptors (Lipinski definition) is 5. The molecule has 8 heteroatoms. The number of benzene rings is 1. The first-order valence-electron chi connectivity index (χ1n) is 8.42. The first kappa shape index (κ1) is 17.7. The van der Waals surface area contributed by atoms with Gasteiger partial charge in [-0.25, -0.2) is 0 Å². The quantitative estimate of drug-likeness (QED) is 0.821. The van der Waals surface area contributed by atoms with Gasteiger partial charge in [-0.1, -0.05) is 35.5 Å². The monoisotopic (exact) mass is 356 g/mol. The Bertz CT molecular complexity index is 795. The number of carbonyl (C=O) groups is 3. The molecule has 0 radical (unpaired) electrons. The number of hydrogen-bond donors (Lipinski definition) is 2. The minimum Gasteiger partial charge on any atom is -0.369 e. The van der Waals surface area contributed by atoms with E-state index >= 15 is 0 Å². The molecule has 136 valence electrons. The van der Waals surface area contributed by atoms with Gasteiger partial charge in [0.05, 0.1) is 6.54 Å². The van der Waals surface area contributed by atoms with Gasteiger partial charge in [0.2, 0.25) is 11.8 Å². The molecule has 8 nitrogen and oxygen atoms in total. The molecule has 1 aliphatic rings. The average Bonchev–Trinajstić information content (AvgIpc) is 3.17. The molecule has 0 unspecified atom stereocenters. The smallest absolute Gasteiger partial charge is 0.273 e. The molecule has 0 spiro atoms. The summed E-state index contributed by atoms with van der Waals surface area (Å²) in [4.78, 5) is 37.1. The van der Waals surface area contributed by atoms with Gasteiger partial charge in [0, 0.05) is 30.6 Å². The fraction of sp³-hybridized carbons (Fsp3) is 0.333. The second-order valence-corrected chi connectivity index (χ2v) is 6.18. The highest BCUT2D eigenvalue weighted by atomic mass is 16.5. The van der Waals surface area contributed by atoms with Crippen LogP contribution in [0.1, 0.15) is 23.3 Å². The normalized spacial score (nSPS) is 14.8. The van der Waals surface area contributed by atoms with E-state index in [0.717, 1.165) is 5.56 Å². The molecule has 3 N–H and O–H groups in total. The summed E-state index contributed by atoms with van der Waals surface area (Å²) in [7, 11) is 0. The predicted octanol–water partition coefficient (Wildman–Crippen LogP) is 0.795. The molecule has 0 atom stereocenters. The van der Waals surface area contributed by atoms with E-state index in [4.69, 9.17) is 10.3 Å². The van der Waals surface area contributed by atoms with Crippen molar-refractivity contribution in [2.45, 2.75) is 12.8 Å². The molecule has 0 saturated carbocycles. The average molecular weight is 356 g/mol. The second-order valence-electron chi connectivity index (χ2n) is 6.18. The van der Waals surface area contributed by atoms with Gasteiger partial charge in [-0.15, -0.1) is 0 Å². The number of aromatic nitrogens is 1. The van der Waals surface area contributed by atoms with Gasteiger partial charge in [-0.3, -0.25) is 14.4 Å². The van der Waals surface area contributed by atoms with Gasteiger partial charge in [-0.2, -0.15) is 0 Å². The highest BCUT2D eigenvalue weighted by Gasteiger charge is 2.26. The third-order valence-corrected chi connectivity index (χ3v) is 4.45. The van der Waals surface area contributed by atoms with Crippen LogP contribution >= 0.6 is 0 Å². The number of piperidine rings is 1. The van der Waals surface area contributed by atoms with Crippen molar-refractivity contribution >= 4 is 17.7 Å². The predicted molar refractivity (Wildman–Crippen MR) is 92.8 cm³/mol. The van der Waals surface area contributed by atoms with Crippen molar-refractivity contribution < 1.29 is 18.9 Å². The molecular weight excluding hydrogens is 336 g/mol. The molecule has 0 aliphatic carbocycles. The van der Waals surface area contributed by atoms with Crippen molar-refractivity contribution in [3.8, 4) is 11.3 Å². The molecule has 26 heavy (non-hydrogen) atoms. The molecule has 3 rings (SSSR count). The number of nitrogens with zero attached hydrogens (tertiary/aromatic N) is 2. The van der Waals surface area contributed by atoms with E-state index in [-0.39, 0.29) is 30.0 Å². The van der Waals surface area contributed by atoms with Crippen molar-refractivity contribution in [3.05, 3.63) is 42.1 Å². The Kier molecular flexibility index (Phi) is 5.31. The minimum atomic E-state index is -0.476. The van der Waals surface area contributed by atoms with Crippen molar-refractivity contribution in [1.29, 1.82) is 0 Å². The van der Waals surface area contributed by atoms with E-state index in [0.29, 0.717) is 31.7 Å². The van der Waals surface area contributed by atoms with Gasteiger partial charge in [0.1, 0.15) is 0 Å². The third-order valence-electron chi connectivity index (χ3n) is 4.45. The molecular formula is C18H20N4O4. The maximum atomic E-state index is 12.2. The molecule has 1 fully saturated rings. The van der Waals surface area contributed by atoms with Crippen LogP contribution < -0.4 is 11.1 Å². The van der Waals surface area contributed by atoms with Gasteiger partial charge in [0.15, 0.2) is 11.5 Å². The second kappa shape index (κ2) is 7.81. The molecule has 2 heterocycles. The Balaban J connectivity index is 1.51. The number of carbonyl (C=O) groups excluding carboxylic acids is 3. The van der Waals surface area contributed by atoms with Crippen LogP contribution in [0.4, 0.5) is 0 Å². The molecule has 2 aromatic rings. The summed E-state index contributed by atoms with van der Waals surface area (Å²) in [6.07, 6.45) is 1.11. The SMILES string of the molecule is NC(=O)C1CCN(C(=O)CNC(=O)c2cc(-c3ccccc3)on2)CC1. The lowest BCUT2D eigenvalue weighted by Crippen LogP contribution is -2.45. The van der Waals surface area contributed by atoms with Crippen LogP contribution in [0.5, 0.6) is 0 Å². The number of rotatable bonds is 5. The molecule has 3 amide bonds. The van der Waals surface area contributed by atoms with Gasteiger partial charge >= 0.3 is 0 Å². The maximum Gasteiger partial charge on any atom is 0.273 e. The number of primary amides is 1.